The van der Waals surface area contributed by atoms with Crippen LogP contribution in [0.25, 0.3) is 92.6 Å². The molecule has 6 aliphatic heterocycles. The fourth-order valence-electron chi connectivity index (χ4n) is 10.6. The first-order valence-corrected chi connectivity index (χ1v) is 31.8. The van der Waals surface area contributed by atoms with Crippen LogP contribution in [0.5, 0.6) is 17.4 Å². The maximum absolute atomic E-state index is 12.4. The van der Waals surface area contributed by atoms with Crippen molar-refractivity contribution in [1.82, 2.24) is 68.4 Å². The summed E-state index contributed by atoms with van der Waals surface area (Å²) in [6.45, 7) is 5.44. The lowest BCUT2D eigenvalue weighted by molar-refractivity contribution is -0.134. The highest BCUT2D eigenvalue weighted by atomic mass is 32.2. The molecule has 92 heavy (non-hydrogen) atoms. The molecule has 16 rings (SSSR count). The van der Waals surface area contributed by atoms with E-state index < -0.39 is 50.7 Å². The fourth-order valence-corrected chi connectivity index (χ4v) is 13.2. The average molecular weight is 1300 g/mol. The normalized spacial score (nSPS) is 17.9. The van der Waals surface area contributed by atoms with Crippen LogP contribution in [0.15, 0.2) is 140 Å². The van der Waals surface area contributed by atoms with E-state index in [9.17, 15) is 27.0 Å². The standard InChI is InChI=1S/C23H18N6O3S.C19H17N5O3S.C17H14N6O3S.C2H4O2/c1-28-7-8-32-19-10-16(13-25-23(19)28)14-4-5-18-17(9-14)22(15-3-2-6-24-12-15)26-29(18)21-11-20(30)27-33(21)31;1-23-5-2-6-27-16-8-13(10-20-19(16)23)12-3-4-15-14(7-12)11-21-24(15)18-9-17(25)22-28(18)26;1-22-4-5-26-17-16(22)18-9-12(20-17)10-2-3-13-11(6-10)8-19-23(13)15-7-14(24)21-27(15)25;1-2(3)4/h2-6,9-13H,7-8H2,1H3,(H,27,30);3-4,7-11H,2,5-6H2,1H3,(H,22,25);2-3,6-9H,4-5H2,1H3,(H,21,24);1H3,(H,3,4). The number of hydrogen-bond donors (Lipinski definition) is 4. The molecule has 3 aromatic carbocycles. The van der Waals surface area contributed by atoms with Crippen LogP contribution in [0.1, 0.15) is 13.3 Å². The van der Waals surface area contributed by atoms with Gasteiger partial charge in [-0.25, -0.2) is 46.6 Å². The number of pyridine rings is 3. The monoisotopic (exact) mass is 1300 g/mol. The number of anilines is 3. The molecule has 0 bridgehead atoms. The Labute approximate surface area is 530 Å². The van der Waals surface area contributed by atoms with Crippen molar-refractivity contribution in [2.45, 2.75) is 13.3 Å². The Kier molecular flexibility index (Phi) is 16.3. The van der Waals surface area contributed by atoms with Crippen molar-refractivity contribution in [3.63, 3.8) is 0 Å². The Morgan fingerprint density at radius 2 is 1.03 bits per heavy atom. The molecule has 28 nitrogen and oxygen atoms in total. The van der Waals surface area contributed by atoms with Crippen molar-refractivity contribution < 1.29 is 51.1 Å². The highest BCUT2D eigenvalue weighted by Crippen LogP contribution is 2.39. The number of aromatic nitrogens is 11. The van der Waals surface area contributed by atoms with Crippen molar-refractivity contribution in [2.75, 3.05) is 75.3 Å². The van der Waals surface area contributed by atoms with Gasteiger partial charge in [-0.2, -0.15) is 15.3 Å². The average Bonchev–Trinajstić information content (AvgIpc) is 1.62. The number of carbonyl (C=O) groups is 4. The number of aliphatic carboxylic acids is 1. The smallest absolute Gasteiger partial charge is 0.300 e. The lowest BCUT2D eigenvalue weighted by atomic mass is 10.0. The van der Waals surface area contributed by atoms with Crippen LogP contribution in [-0.2, 0) is 52.1 Å². The van der Waals surface area contributed by atoms with E-state index in [-0.39, 0.29) is 5.91 Å². The third-order valence-electron chi connectivity index (χ3n) is 15.0. The molecule has 0 saturated carbocycles. The highest BCUT2D eigenvalue weighted by molar-refractivity contribution is 7.94. The first kappa shape index (κ1) is 59.9. The third-order valence-corrected chi connectivity index (χ3v) is 18.1. The van der Waals surface area contributed by atoms with Gasteiger partial charge in [-0.15, -0.1) is 0 Å². The Morgan fingerprint density at radius 1 is 0.533 bits per heavy atom. The minimum absolute atomic E-state index is 0.291. The van der Waals surface area contributed by atoms with E-state index in [1.807, 2.05) is 117 Å². The zero-order valence-electron chi connectivity index (χ0n) is 49.2. The Hall–Kier alpha value is -11.1. The molecular formula is C61H53N17O11S3. The fraction of sp³-hybridized carbons (Fsp3) is 0.180. The number of carboxylic acid groups (broad SMARTS) is 1. The van der Waals surface area contributed by atoms with Crippen LogP contribution in [-0.4, -0.2) is 156 Å². The summed E-state index contributed by atoms with van der Waals surface area (Å²) in [5.74, 6) is 2.44. The number of nitrogens with zero attached hydrogens (tertiary/aromatic N) is 14. The number of carbonyl (C=O) groups excluding carboxylic acids is 3. The number of hydrogen-bond acceptors (Lipinski definition) is 21. The number of likely N-dealkylation sites (N-methyl/N-ethyl adjacent to an activating group) is 2. The Balaban J connectivity index is 0.000000123. The second-order valence-corrected chi connectivity index (χ2v) is 24.7. The van der Waals surface area contributed by atoms with E-state index in [2.05, 4.69) is 59.1 Å². The lowest BCUT2D eigenvalue weighted by Gasteiger charge is -2.26. The van der Waals surface area contributed by atoms with E-state index in [1.54, 1.807) is 35.7 Å². The van der Waals surface area contributed by atoms with Gasteiger partial charge in [0.05, 0.1) is 60.5 Å². The van der Waals surface area contributed by atoms with E-state index in [0.717, 1.165) is 128 Å². The number of nitrogens with one attached hydrogen (secondary N) is 3. The minimum Gasteiger partial charge on any atom is -0.490 e. The van der Waals surface area contributed by atoms with E-state index >= 15 is 0 Å². The van der Waals surface area contributed by atoms with Gasteiger partial charge in [-0.1, -0.05) is 18.2 Å². The summed E-state index contributed by atoms with van der Waals surface area (Å²) in [7, 11) is 1.10. The highest BCUT2D eigenvalue weighted by Gasteiger charge is 2.29. The van der Waals surface area contributed by atoms with Gasteiger partial charge in [-0.3, -0.25) is 38.3 Å². The molecule has 0 saturated heterocycles. The summed E-state index contributed by atoms with van der Waals surface area (Å²) in [5.41, 5.74) is 9.09. The van der Waals surface area contributed by atoms with Crippen molar-refractivity contribution in [2.24, 2.45) is 0 Å². The third kappa shape index (κ3) is 12.0. The van der Waals surface area contributed by atoms with Gasteiger partial charge in [0.25, 0.3) is 29.6 Å². The molecule has 466 valence electrons. The summed E-state index contributed by atoms with van der Waals surface area (Å²) in [6, 6.07) is 25.2. The Bertz CT molecular complexity index is 4850. The summed E-state index contributed by atoms with van der Waals surface area (Å²) in [6.07, 6.45) is 17.0. The molecule has 7 aromatic heterocycles. The molecule has 0 spiro atoms. The van der Waals surface area contributed by atoms with Gasteiger partial charge in [0.2, 0.25) is 0 Å². The van der Waals surface area contributed by atoms with Crippen molar-refractivity contribution in [3.8, 4) is 62.1 Å². The number of benzene rings is 3. The molecule has 3 unspecified atom stereocenters. The summed E-state index contributed by atoms with van der Waals surface area (Å²) in [5, 5.41) is 24.2. The van der Waals surface area contributed by atoms with Gasteiger partial charge in [0.15, 0.2) is 77.0 Å². The molecule has 0 radical (unpaired) electrons. The second-order valence-electron chi connectivity index (χ2n) is 21.2. The Morgan fingerprint density at radius 3 is 1.60 bits per heavy atom. The lowest BCUT2D eigenvalue weighted by Crippen LogP contribution is -2.30. The summed E-state index contributed by atoms with van der Waals surface area (Å²) in [4.78, 5) is 72.3. The molecule has 31 heteroatoms. The molecule has 10 aromatic rings. The van der Waals surface area contributed by atoms with Gasteiger partial charge < -0.3 is 34.0 Å². The van der Waals surface area contributed by atoms with Gasteiger partial charge >= 0.3 is 0 Å². The zero-order chi connectivity index (χ0) is 63.9. The molecule has 13 heterocycles. The van der Waals surface area contributed by atoms with E-state index in [4.69, 9.17) is 29.2 Å². The minimum atomic E-state index is -1.67. The van der Waals surface area contributed by atoms with Crippen LogP contribution < -0.4 is 43.1 Å². The van der Waals surface area contributed by atoms with Crippen LogP contribution in [0.2, 0.25) is 0 Å². The first-order valence-electron chi connectivity index (χ1n) is 28.3. The van der Waals surface area contributed by atoms with Crippen molar-refractivity contribution in [3.05, 3.63) is 140 Å². The molecule has 0 aliphatic carbocycles. The molecule has 0 fully saturated rings. The number of fused-ring (bicyclic) bond motifs is 6. The van der Waals surface area contributed by atoms with Gasteiger partial charge in [0.1, 0.15) is 18.9 Å². The summed E-state index contributed by atoms with van der Waals surface area (Å²) < 4.78 is 65.4. The topological polar surface area (TPSA) is 331 Å². The summed E-state index contributed by atoms with van der Waals surface area (Å²) >= 11 is 0. The number of amides is 3. The number of carboxylic acids is 1. The molecule has 4 N–H and O–H groups in total. The van der Waals surface area contributed by atoms with Crippen LogP contribution in [0, 0.1) is 0 Å². The first-order chi connectivity index (χ1) is 44.5. The predicted molar refractivity (Wildman–Crippen MR) is 346 cm³/mol. The molecule has 3 atom stereocenters. The quantitative estimate of drug-likeness (QED) is 0.153. The van der Waals surface area contributed by atoms with Crippen LogP contribution >= 0.6 is 0 Å². The van der Waals surface area contributed by atoms with E-state index in [1.165, 1.54) is 27.6 Å². The predicted octanol–water partition coefficient (Wildman–Crippen LogP) is 5.49. The SMILES string of the molecule is CC(=O)O.CN1CCCOc2cc(-c3ccc4c(cnn4C4=CC(=O)NS4=O)c3)cnc21.CN1CCOc2cc(-c3ccc4c(c3)c(-c3cccnc3)nn4C3=CC(=O)NS3=O)cnc21.CN1CCOc2nc(-c3ccc4c(cnn4C4=CC(=O)NS4=O)c3)cnc21. The maximum Gasteiger partial charge on any atom is 0.300 e. The van der Waals surface area contributed by atoms with Gasteiger partial charge in [-0.05, 0) is 78.2 Å². The molecular weight excluding hydrogens is 1240 g/mol. The van der Waals surface area contributed by atoms with Crippen LogP contribution in [0.3, 0.4) is 0 Å². The van der Waals surface area contributed by atoms with E-state index in [0.29, 0.717) is 52.2 Å². The zero-order valence-corrected chi connectivity index (χ0v) is 51.7. The number of ether oxygens (including phenoxy) is 3. The second kappa shape index (κ2) is 25.1. The molecule has 3 amide bonds. The number of rotatable bonds is 7. The van der Waals surface area contributed by atoms with Crippen LogP contribution in [0.4, 0.5) is 17.5 Å². The largest absolute Gasteiger partial charge is 0.490 e. The van der Waals surface area contributed by atoms with Crippen molar-refractivity contribution >= 4 is 122 Å². The molecule has 6 aliphatic rings. The van der Waals surface area contributed by atoms with Crippen molar-refractivity contribution in [1.29, 1.82) is 0 Å². The maximum atomic E-state index is 12.4. The van der Waals surface area contributed by atoms with Gasteiger partial charge in [0, 0.05) is 116 Å².